The van der Waals surface area contributed by atoms with Gasteiger partial charge in [-0.3, -0.25) is 28.9 Å². The van der Waals surface area contributed by atoms with Gasteiger partial charge in [-0.05, 0) is 73.1 Å². The maximum Gasteiger partial charge on any atom is 0.274 e. The lowest BCUT2D eigenvalue weighted by Crippen LogP contribution is -2.51. The van der Waals surface area contributed by atoms with Crippen molar-refractivity contribution in [1.29, 1.82) is 5.41 Å². The Kier molecular flexibility index (Phi) is 17.1. The number of piperazine rings is 1. The van der Waals surface area contributed by atoms with Gasteiger partial charge in [0, 0.05) is 100.0 Å². The molecule has 0 atom stereocenters. The zero-order valence-corrected chi connectivity index (χ0v) is 39.1. The molecule has 362 valence electrons. The molecule has 2 aliphatic heterocycles. The van der Waals surface area contributed by atoms with Gasteiger partial charge in [-0.15, -0.1) is 0 Å². The smallest absolute Gasteiger partial charge is 0.274 e. The molecule has 3 aromatic carbocycles. The topological polar surface area (TPSA) is 232 Å². The Bertz CT molecular complexity index is 2660. The first-order valence-electron chi connectivity index (χ1n) is 23.4. The van der Waals surface area contributed by atoms with Crippen molar-refractivity contribution in [2.45, 2.75) is 46.1 Å². The zero-order chi connectivity index (χ0) is 48.9. The van der Waals surface area contributed by atoms with E-state index < -0.39 is 17.6 Å². The third-order valence-electron chi connectivity index (χ3n) is 12.5. The standard InChI is InChI=1S/C51H60FN11O6/c1-3-34-7-6-8-37(24-34)38-27-45(59-46(64)30-55-29-39-23-33(2)60-69-39)48(58-28-38)51(68)63-17-13-35(14-18-63)31-61-19-21-62(22-20-61)32-47(65)56-15-16-57-50(67)42-25-36(11-12-43(42)52)26-44(53)40-9-4-5-10-41(40)49(54)66/h4-12,23-25,27-28,35,53,55H,3,13-22,26,29-32H2,1-2H3,(H2,54,66)(H,56,65)(H,57,67)(H,59,64). The van der Waals surface area contributed by atoms with E-state index in [1.54, 1.807) is 30.5 Å². The molecule has 0 radical (unpaired) electrons. The van der Waals surface area contributed by atoms with Crippen LogP contribution in [0.1, 0.15) is 79.1 Å². The predicted molar refractivity (Wildman–Crippen MR) is 259 cm³/mol. The number of hydrogen-bond donors (Lipinski definition) is 6. The number of anilines is 1. The SMILES string of the molecule is CCc1cccc(-c2cnc(C(=O)N3CCC(CN4CCN(CC(=O)NCCNC(=O)c5cc(CC(=N)c6ccccc6C(N)=O)ccc5F)CC4)CC3)c(NC(=O)CNCc3cc(C)no3)c2)c1. The third kappa shape index (κ3) is 13.7. The molecule has 0 saturated carbocycles. The van der Waals surface area contributed by atoms with Gasteiger partial charge in [0.15, 0.2) is 11.5 Å². The van der Waals surface area contributed by atoms with Gasteiger partial charge in [0.2, 0.25) is 17.7 Å². The number of nitrogens with two attached hydrogens (primary N) is 1. The van der Waals surface area contributed by atoms with E-state index in [9.17, 15) is 28.4 Å². The van der Waals surface area contributed by atoms with Gasteiger partial charge in [0.1, 0.15) is 5.82 Å². The number of nitrogens with one attached hydrogen (secondary N) is 5. The van der Waals surface area contributed by atoms with E-state index in [4.69, 9.17) is 15.7 Å². The molecule has 5 amide bonds. The Labute approximate surface area is 400 Å². The Balaban J connectivity index is 0.824. The van der Waals surface area contributed by atoms with Gasteiger partial charge in [-0.25, -0.2) is 9.37 Å². The lowest BCUT2D eigenvalue weighted by atomic mass is 9.95. The van der Waals surface area contributed by atoms with Gasteiger partial charge in [-0.1, -0.05) is 60.6 Å². The van der Waals surface area contributed by atoms with Crippen molar-refractivity contribution >= 4 is 40.9 Å². The number of carbonyl (C=O) groups is 5. The lowest BCUT2D eigenvalue weighted by molar-refractivity contribution is -0.122. The molecule has 0 bridgehead atoms. The van der Waals surface area contributed by atoms with Crippen molar-refractivity contribution in [3.05, 3.63) is 136 Å². The molecule has 2 saturated heterocycles. The van der Waals surface area contributed by atoms with Gasteiger partial charge in [0.25, 0.3) is 11.8 Å². The molecule has 0 spiro atoms. The number of aromatic nitrogens is 2. The number of primary amides is 1. The molecule has 0 unspecified atom stereocenters. The lowest BCUT2D eigenvalue weighted by Gasteiger charge is -2.38. The summed E-state index contributed by atoms with van der Waals surface area (Å²) in [5.41, 5.74) is 10.7. The highest BCUT2D eigenvalue weighted by atomic mass is 19.1. The van der Waals surface area contributed by atoms with E-state index in [1.807, 2.05) is 30.0 Å². The van der Waals surface area contributed by atoms with Gasteiger partial charge >= 0.3 is 0 Å². The summed E-state index contributed by atoms with van der Waals surface area (Å²) < 4.78 is 19.9. The fourth-order valence-corrected chi connectivity index (χ4v) is 8.66. The van der Waals surface area contributed by atoms with Crippen LogP contribution >= 0.6 is 0 Å². The average molecular weight is 942 g/mol. The van der Waals surface area contributed by atoms with Crippen molar-refractivity contribution in [2.24, 2.45) is 11.7 Å². The summed E-state index contributed by atoms with van der Waals surface area (Å²) in [6.07, 6.45) is 4.28. The quantitative estimate of drug-likeness (QED) is 0.0479. The third-order valence-corrected chi connectivity index (χ3v) is 12.5. The number of piperidine rings is 1. The second kappa shape index (κ2) is 23.7. The minimum Gasteiger partial charge on any atom is -0.366 e. The van der Waals surface area contributed by atoms with E-state index >= 15 is 0 Å². The Hall–Kier alpha value is -7.15. The average Bonchev–Trinajstić information content (AvgIpc) is 3.78. The van der Waals surface area contributed by atoms with E-state index in [1.165, 1.54) is 29.8 Å². The second-order valence-corrected chi connectivity index (χ2v) is 17.6. The molecule has 5 aromatic rings. The molecule has 4 heterocycles. The van der Waals surface area contributed by atoms with Crippen LogP contribution in [0, 0.1) is 24.1 Å². The molecular weight excluding hydrogens is 882 g/mol. The first-order chi connectivity index (χ1) is 33.3. The van der Waals surface area contributed by atoms with Crippen LogP contribution < -0.4 is 27.0 Å². The number of aryl methyl sites for hydroxylation is 2. The van der Waals surface area contributed by atoms with Gasteiger partial charge < -0.3 is 46.7 Å². The summed E-state index contributed by atoms with van der Waals surface area (Å²) in [5, 5.41) is 23.9. The van der Waals surface area contributed by atoms with Gasteiger partial charge in [-0.2, -0.15) is 0 Å². The number of carbonyl (C=O) groups excluding carboxylic acids is 5. The van der Waals surface area contributed by atoms with E-state index in [0.717, 1.165) is 68.8 Å². The molecule has 17 nitrogen and oxygen atoms in total. The minimum atomic E-state index is -0.717. The predicted octanol–water partition coefficient (Wildman–Crippen LogP) is 4.20. The van der Waals surface area contributed by atoms with Crippen LogP contribution in [0.3, 0.4) is 0 Å². The Morgan fingerprint density at radius 1 is 0.812 bits per heavy atom. The van der Waals surface area contributed by atoms with Crippen molar-refractivity contribution < 1.29 is 32.9 Å². The van der Waals surface area contributed by atoms with Crippen LogP contribution in [-0.2, 0) is 29.0 Å². The molecule has 7 rings (SSSR count). The molecule has 0 aliphatic carbocycles. The van der Waals surface area contributed by atoms with Crippen LogP contribution in [0.2, 0.25) is 0 Å². The maximum atomic E-state index is 14.7. The van der Waals surface area contributed by atoms with Crippen LogP contribution in [0.5, 0.6) is 0 Å². The maximum absolute atomic E-state index is 14.7. The van der Waals surface area contributed by atoms with E-state index in [-0.39, 0.29) is 72.9 Å². The molecule has 7 N–H and O–H groups in total. The van der Waals surface area contributed by atoms with Crippen molar-refractivity contribution in [2.75, 3.05) is 77.3 Å². The zero-order valence-electron chi connectivity index (χ0n) is 39.1. The fourth-order valence-electron chi connectivity index (χ4n) is 8.66. The van der Waals surface area contributed by atoms with Crippen LogP contribution in [0.25, 0.3) is 11.1 Å². The van der Waals surface area contributed by atoms with E-state index in [2.05, 4.69) is 60.3 Å². The molecule has 2 aromatic heterocycles. The number of nitrogens with zero attached hydrogens (tertiary/aromatic N) is 5. The first-order valence-corrected chi connectivity index (χ1v) is 23.4. The number of amides is 5. The number of rotatable bonds is 20. The summed E-state index contributed by atoms with van der Waals surface area (Å²) in [5.74, 6) is -1.72. The molecular formula is C51H60FN11O6. The fraction of sp³-hybridized carbons (Fsp3) is 0.373. The van der Waals surface area contributed by atoms with Crippen molar-refractivity contribution in [3.63, 3.8) is 0 Å². The Morgan fingerprint density at radius 2 is 1.55 bits per heavy atom. The molecule has 18 heteroatoms. The molecule has 2 fully saturated rings. The number of pyridine rings is 1. The number of likely N-dealkylation sites (tertiary alicyclic amines) is 1. The highest BCUT2D eigenvalue weighted by Gasteiger charge is 2.29. The van der Waals surface area contributed by atoms with Crippen molar-refractivity contribution in [3.8, 4) is 11.1 Å². The monoisotopic (exact) mass is 941 g/mol. The first kappa shape index (κ1) is 49.7. The summed E-state index contributed by atoms with van der Waals surface area (Å²) >= 11 is 0. The normalized spacial score (nSPS) is 14.6. The van der Waals surface area contributed by atoms with E-state index in [0.29, 0.717) is 48.1 Å². The number of halogens is 1. The summed E-state index contributed by atoms with van der Waals surface area (Å²) in [4.78, 5) is 75.7. The number of hydrogen-bond acceptors (Lipinski definition) is 12. The Morgan fingerprint density at radius 3 is 2.28 bits per heavy atom. The summed E-state index contributed by atoms with van der Waals surface area (Å²) in [6.45, 7) is 9.78. The van der Waals surface area contributed by atoms with Crippen molar-refractivity contribution in [1.82, 2.24) is 40.8 Å². The molecule has 69 heavy (non-hydrogen) atoms. The number of benzene rings is 3. The highest BCUT2D eigenvalue weighted by Crippen LogP contribution is 2.28. The highest BCUT2D eigenvalue weighted by molar-refractivity contribution is 6.09. The van der Waals surface area contributed by atoms with Crippen LogP contribution in [-0.4, -0.2) is 132 Å². The second-order valence-electron chi connectivity index (χ2n) is 17.6. The largest absolute Gasteiger partial charge is 0.366 e. The van der Waals surface area contributed by atoms with Crippen LogP contribution in [0.4, 0.5) is 10.1 Å². The summed E-state index contributed by atoms with van der Waals surface area (Å²) in [7, 11) is 0. The summed E-state index contributed by atoms with van der Waals surface area (Å²) in [6, 6.07) is 22.3. The minimum absolute atomic E-state index is 0.00505. The molecule has 2 aliphatic rings. The van der Waals surface area contributed by atoms with Gasteiger partial charge in [0.05, 0.1) is 36.6 Å². The van der Waals surface area contributed by atoms with Crippen LogP contribution in [0.15, 0.2) is 89.6 Å².